The zero-order valence-corrected chi connectivity index (χ0v) is 10.2. The fraction of sp³-hybridized carbons (Fsp3) is 0.250. The van der Waals surface area contributed by atoms with Crippen molar-refractivity contribution in [2.24, 2.45) is 4.99 Å². The number of hydrogen-bond donors (Lipinski definition) is 0. The van der Waals surface area contributed by atoms with Crippen molar-refractivity contribution in [1.82, 2.24) is 0 Å². The summed E-state index contributed by atoms with van der Waals surface area (Å²) in [6.07, 6.45) is 2.22. The van der Waals surface area contributed by atoms with Crippen LogP contribution in [0.15, 0.2) is 41.0 Å². The Labute approximate surface area is 91.1 Å². The van der Waals surface area contributed by atoms with Crippen molar-refractivity contribution in [3.05, 3.63) is 47.2 Å². The predicted molar refractivity (Wildman–Crippen MR) is 62.0 cm³/mol. The summed E-state index contributed by atoms with van der Waals surface area (Å²) < 4.78 is 1.29. The molecule has 1 heterocycles. The molecule has 0 aliphatic carbocycles. The van der Waals surface area contributed by atoms with Crippen LogP contribution in [0.25, 0.3) is 0 Å². The molecule has 0 unspecified atom stereocenters. The van der Waals surface area contributed by atoms with Gasteiger partial charge in [0.1, 0.15) is 0 Å². The summed E-state index contributed by atoms with van der Waals surface area (Å²) in [5, 5.41) is 1.19. The fourth-order valence-corrected chi connectivity index (χ4v) is 3.41. The van der Waals surface area contributed by atoms with Crippen molar-refractivity contribution in [3.63, 3.8) is 0 Å². The first-order valence-electron chi connectivity index (χ1n) is 4.71. The van der Waals surface area contributed by atoms with Gasteiger partial charge in [-0.1, -0.05) is 0 Å². The molecule has 0 amide bonds. The van der Waals surface area contributed by atoms with Gasteiger partial charge in [-0.15, -0.1) is 0 Å². The topological polar surface area (TPSA) is 12.4 Å². The van der Waals surface area contributed by atoms with E-state index >= 15 is 0 Å². The van der Waals surface area contributed by atoms with Gasteiger partial charge in [0.25, 0.3) is 0 Å². The summed E-state index contributed by atoms with van der Waals surface area (Å²) >= 11 is 0.523. The van der Waals surface area contributed by atoms with E-state index in [-0.39, 0.29) is 0 Å². The van der Waals surface area contributed by atoms with Crippen LogP contribution in [0.4, 0.5) is 0 Å². The van der Waals surface area contributed by atoms with E-state index in [0.29, 0.717) is 15.0 Å². The molecular weight excluding hydrogens is 237 g/mol. The Morgan fingerprint density at radius 2 is 1.86 bits per heavy atom. The number of rotatable bonds is 1. The van der Waals surface area contributed by atoms with Crippen molar-refractivity contribution in [3.8, 4) is 0 Å². The monoisotopic (exact) mass is 251 g/mol. The Bertz CT molecular complexity index is 387. The average Bonchev–Trinajstić information content (AvgIpc) is 2.19. The molecule has 1 aromatic rings. The van der Waals surface area contributed by atoms with Crippen molar-refractivity contribution >= 4 is 19.6 Å². The summed E-state index contributed by atoms with van der Waals surface area (Å²) in [6, 6.07) is 8.66. The Balaban J connectivity index is 2.31. The van der Waals surface area contributed by atoms with E-state index in [1.807, 2.05) is 0 Å². The van der Waals surface area contributed by atoms with Crippen LogP contribution < -0.4 is 0 Å². The molecule has 1 aliphatic heterocycles. The van der Waals surface area contributed by atoms with Crippen LogP contribution in [0.2, 0.25) is 5.32 Å². The second-order valence-corrected chi connectivity index (χ2v) is 5.56. The predicted octanol–water partition coefficient (Wildman–Crippen LogP) is 2.78. The zero-order chi connectivity index (χ0) is 9.97. The third-order valence-electron chi connectivity index (χ3n) is 2.18. The number of aryl methyl sites for hydroxylation is 1. The molecule has 0 radical (unpaired) electrons. The SMILES string of the molecule is CC1=CC[Se]C(c2ccc(C)cc2)=N1. The molecule has 0 atom stereocenters. The van der Waals surface area contributed by atoms with Gasteiger partial charge in [-0.3, -0.25) is 0 Å². The van der Waals surface area contributed by atoms with Crippen LogP contribution in [0, 0.1) is 6.92 Å². The van der Waals surface area contributed by atoms with E-state index in [1.54, 1.807) is 0 Å². The molecule has 1 nitrogen and oxygen atoms in total. The van der Waals surface area contributed by atoms with Gasteiger partial charge in [-0.2, -0.15) is 0 Å². The number of allylic oxidation sites excluding steroid dienone is 2. The molecular formula is C12H13NSe. The molecule has 0 N–H and O–H groups in total. The van der Waals surface area contributed by atoms with Crippen molar-refractivity contribution < 1.29 is 0 Å². The first-order valence-corrected chi connectivity index (χ1v) is 6.78. The van der Waals surface area contributed by atoms with Crippen LogP contribution in [-0.4, -0.2) is 19.6 Å². The first kappa shape index (κ1) is 9.69. The van der Waals surface area contributed by atoms with E-state index in [4.69, 9.17) is 0 Å². The molecule has 0 fully saturated rings. The molecule has 0 saturated heterocycles. The quantitative estimate of drug-likeness (QED) is 0.680. The number of aliphatic imine (C=N–C) groups is 1. The molecule has 72 valence electrons. The van der Waals surface area contributed by atoms with Crippen LogP contribution in [0.1, 0.15) is 18.1 Å². The molecule has 1 aliphatic rings. The van der Waals surface area contributed by atoms with Gasteiger partial charge in [-0.05, 0) is 0 Å². The van der Waals surface area contributed by atoms with Crippen LogP contribution in [0.5, 0.6) is 0 Å². The molecule has 14 heavy (non-hydrogen) atoms. The summed E-state index contributed by atoms with van der Waals surface area (Å²) in [6.45, 7) is 4.19. The van der Waals surface area contributed by atoms with Crippen molar-refractivity contribution in [2.45, 2.75) is 19.2 Å². The van der Waals surface area contributed by atoms with Crippen molar-refractivity contribution in [1.29, 1.82) is 0 Å². The molecule has 2 heteroatoms. The van der Waals surface area contributed by atoms with E-state index in [9.17, 15) is 0 Å². The van der Waals surface area contributed by atoms with E-state index in [1.165, 1.54) is 21.1 Å². The van der Waals surface area contributed by atoms with E-state index < -0.39 is 0 Å². The zero-order valence-electron chi connectivity index (χ0n) is 8.45. The molecule has 0 aromatic heterocycles. The van der Waals surface area contributed by atoms with E-state index in [2.05, 4.69) is 49.2 Å². The Morgan fingerprint density at radius 1 is 1.14 bits per heavy atom. The standard InChI is InChI=1S/C12H13NSe/c1-9-3-5-11(6-4-9)12-13-10(2)7-8-14-12/h3-7H,8H2,1-2H3. The summed E-state index contributed by atoms with van der Waals surface area (Å²) in [5.41, 5.74) is 3.77. The number of hydrogen-bond acceptors (Lipinski definition) is 1. The molecule has 0 bridgehead atoms. The minimum absolute atomic E-state index is 0.523. The third kappa shape index (κ3) is 2.14. The van der Waals surface area contributed by atoms with Crippen LogP contribution in [-0.2, 0) is 0 Å². The van der Waals surface area contributed by atoms with Gasteiger partial charge in [0.05, 0.1) is 0 Å². The van der Waals surface area contributed by atoms with Gasteiger partial charge < -0.3 is 0 Å². The molecule has 1 aromatic carbocycles. The maximum atomic E-state index is 4.59. The first-order chi connectivity index (χ1) is 6.75. The van der Waals surface area contributed by atoms with Crippen LogP contribution >= 0.6 is 0 Å². The maximum absolute atomic E-state index is 4.59. The Kier molecular flexibility index (Phi) is 2.85. The number of nitrogens with zero attached hydrogens (tertiary/aromatic N) is 1. The van der Waals surface area contributed by atoms with Gasteiger partial charge in [0.15, 0.2) is 0 Å². The van der Waals surface area contributed by atoms with E-state index in [0.717, 1.165) is 5.70 Å². The third-order valence-corrected chi connectivity index (χ3v) is 4.13. The van der Waals surface area contributed by atoms with Crippen molar-refractivity contribution in [2.75, 3.05) is 0 Å². The molecule has 0 saturated carbocycles. The Morgan fingerprint density at radius 3 is 2.50 bits per heavy atom. The fourth-order valence-electron chi connectivity index (χ4n) is 1.32. The van der Waals surface area contributed by atoms with Gasteiger partial charge in [0.2, 0.25) is 0 Å². The normalized spacial score (nSPS) is 16.1. The van der Waals surface area contributed by atoms with Gasteiger partial charge in [-0.25, -0.2) is 0 Å². The summed E-state index contributed by atoms with van der Waals surface area (Å²) in [7, 11) is 0. The number of benzene rings is 1. The van der Waals surface area contributed by atoms with Gasteiger partial charge in [0, 0.05) is 0 Å². The Hall–Kier alpha value is -0.851. The summed E-state index contributed by atoms with van der Waals surface area (Å²) in [5.74, 6) is 0. The van der Waals surface area contributed by atoms with Crippen LogP contribution in [0.3, 0.4) is 0 Å². The second-order valence-electron chi connectivity index (χ2n) is 3.44. The van der Waals surface area contributed by atoms with Gasteiger partial charge >= 0.3 is 90.9 Å². The second kappa shape index (κ2) is 4.12. The molecule has 2 rings (SSSR count). The molecule has 0 spiro atoms. The summed E-state index contributed by atoms with van der Waals surface area (Å²) in [4.78, 5) is 4.59. The minimum atomic E-state index is 0.523. The average molecular weight is 250 g/mol.